The third kappa shape index (κ3) is 6.21. The van der Waals surface area contributed by atoms with E-state index in [2.05, 4.69) is 113 Å². The minimum absolute atomic E-state index is 0.639. The van der Waals surface area contributed by atoms with E-state index >= 15 is 0 Å². The van der Waals surface area contributed by atoms with Crippen LogP contribution in [-0.2, 0) is 0 Å². The number of nitrogens with zero attached hydrogens (tertiary/aromatic N) is 4. The standard InChI is InChI=1S/C56H34N4O2/c1-3-11-35(12-4-1)42-33-57-55(58-34-42)39-23-25-40(26-24-39)56-59-48(37-13-5-2-6-14-37)32-49(60-56)38-21-19-36(20-22-38)43-29-30-44(54-53(43)47-16-8-10-18-51(47)62-54)41-27-28-46-45-15-7-9-17-50(45)61-52(46)31-41/h1-34H. The zero-order valence-corrected chi connectivity index (χ0v) is 33.2. The summed E-state index contributed by atoms with van der Waals surface area (Å²) in [6.07, 6.45) is 3.74. The molecule has 0 aliphatic heterocycles. The van der Waals surface area contributed by atoms with Crippen LogP contribution in [0.4, 0.5) is 0 Å². The van der Waals surface area contributed by atoms with Crippen molar-refractivity contribution in [2.24, 2.45) is 0 Å². The third-order valence-electron chi connectivity index (χ3n) is 11.7. The lowest BCUT2D eigenvalue weighted by Gasteiger charge is -2.11. The van der Waals surface area contributed by atoms with E-state index in [0.717, 1.165) is 111 Å². The van der Waals surface area contributed by atoms with Gasteiger partial charge in [-0.25, -0.2) is 19.9 Å². The van der Waals surface area contributed by atoms with Crippen LogP contribution >= 0.6 is 0 Å². The van der Waals surface area contributed by atoms with E-state index in [1.54, 1.807) is 0 Å². The van der Waals surface area contributed by atoms with Crippen molar-refractivity contribution in [1.29, 1.82) is 0 Å². The van der Waals surface area contributed by atoms with Crippen molar-refractivity contribution < 1.29 is 8.83 Å². The first kappa shape index (κ1) is 35.5. The monoisotopic (exact) mass is 794 g/mol. The van der Waals surface area contributed by atoms with Crippen molar-refractivity contribution in [2.45, 2.75) is 0 Å². The van der Waals surface area contributed by atoms with Crippen LogP contribution in [0.25, 0.3) is 123 Å². The zero-order valence-electron chi connectivity index (χ0n) is 33.2. The van der Waals surface area contributed by atoms with Gasteiger partial charge in [0.05, 0.1) is 11.4 Å². The summed E-state index contributed by atoms with van der Waals surface area (Å²) in [4.78, 5) is 19.6. The summed E-state index contributed by atoms with van der Waals surface area (Å²) in [7, 11) is 0. The second kappa shape index (κ2) is 14.7. The quantitative estimate of drug-likeness (QED) is 0.160. The molecule has 0 amide bonds. The first-order chi connectivity index (χ1) is 30.7. The molecule has 290 valence electrons. The summed E-state index contributed by atoms with van der Waals surface area (Å²) in [5.41, 5.74) is 15.2. The van der Waals surface area contributed by atoms with E-state index in [1.807, 2.05) is 103 Å². The average Bonchev–Trinajstić information content (AvgIpc) is 3.93. The second-order valence-electron chi connectivity index (χ2n) is 15.4. The fourth-order valence-corrected chi connectivity index (χ4v) is 8.52. The van der Waals surface area contributed by atoms with Crippen LogP contribution in [0.15, 0.2) is 215 Å². The molecule has 62 heavy (non-hydrogen) atoms. The molecule has 0 aliphatic carbocycles. The summed E-state index contributed by atoms with van der Waals surface area (Å²) in [5.74, 6) is 1.30. The molecule has 12 rings (SSSR count). The number of furan rings is 2. The summed E-state index contributed by atoms with van der Waals surface area (Å²) in [6.45, 7) is 0. The van der Waals surface area contributed by atoms with Gasteiger partial charge in [-0.05, 0) is 58.7 Å². The van der Waals surface area contributed by atoms with Gasteiger partial charge < -0.3 is 8.83 Å². The van der Waals surface area contributed by atoms with E-state index in [0.29, 0.717) is 11.6 Å². The van der Waals surface area contributed by atoms with Gasteiger partial charge >= 0.3 is 0 Å². The van der Waals surface area contributed by atoms with Crippen molar-refractivity contribution >= 4 is 43.9 Å². The molecule has 0 saturated heterocycles. The molecule has 4 heterocycles. The number of aromatic nitrogens is 4. The predicted molar refractivity (Wildman–Crippen MR) is 250 cm³/mol. The minimum Gasteiger partial charge on any atom is -0.456 e. The number of rotatable bonds is 7. The van der Waals surface area contributed by atoms with Gasteiger partial charge in [0.1, 0.15) is 22.3 Å². The van der Waals surface area contributed by atoms with Gasteiger partial charge in [0.25, 0.3) is 0 Å². The van der Waals surface area contributed by atoms with Gasteiger partial charge in [0.15, 0.2) is 11.6 Å². The fraction of sp³-hybridized carbons (Fsp3) is 0. The SMILES string of the molecule is c1ccc(-c2cnc(-c3ccc(-c4nc(-c5ccccc5)cc(-c5ccc(-c6ccc(-c7ccc8c(c7)oc7ccccc78)c7oc8ccccc8c67)cc5)n4)cc3)nc2)cc1. The Balaban J connectivity index is 0.906. The molecule has 0 bridgehead atoms. The lowest BCUT2D eigenvalue weighted by atomic mass is 9.93. The van der Waals surface area contributed by atoms with Crippen molar-refractivity contribution in [3.63, 3.8) is 0 Å². The summed E-state index contributed by atoms with van der Waals surface area (Å²) in [6, 6.07) is 66.5. The molecular formula is C56H34N4O2. The molecule has 0 unspecified atom stereocenters. The average molecular weight is 795 g/mol. The largest absolute Gasteiger partial charge is 0.456 e. The first-order valence-corrected chi connectivity index (χ1v) is 20.6. The van der Waals surface area contributed by atoms with E-state index < -0.39 is 0 Å². The maximum atomic E-state index is 6.67. The Labute approximate surface area is 356 Å². The van der Waals surface area contributed by atoms with Crippen molar-refractivity contribution in [2.75, 3.05) is 0 Å². The van der Waals surface area contributed by atoms with Gasteiger partial charge in [-0.1, -0.05) is 158 Å². The maximum absolute atomic E-state index is 6.67. The van der Waals surface area contributed by atoms with E-state index in [-0.39, 0.29) is 0 Å². The lowest BCUT2D eigenvalue weighted by Crippen LogP contribution is -1.96. The molecule has 0 N–H and O–H groups in total. The molecule has 0 radical (unpaired) electrons. The highest BCUT2D eigenvalue weighted by Crippen LogP contribution is 2.43. The topological polar surface area (TPSA) is 77.8 Å². The van der Waals surface area contributed by atoms with Crippen LogP contribution in [0.5, 0.6) is 0 Å². The van der Waals surface area contributed by atoms with Crippen LogP contribution in [0, 0.1) is 0 Å². The second-order valence-corrected chi connectivity index (χ2v) is 15.4. The summed E-state index contributed by atoms with van der Waals surface area (Å²) < 4.78 is 13.0. The molecule has 0 aliphatic rings. The van der Waals surface area contributed by atoms with Crippen molar-refractivity contribution in [3.05, 3.63) is 207 Å². The smallest absolute Gasteiger partial charge is 0.160 e. The van der Waals surface area contributed by atoms with E-state index in [4.69, 9.17) is 18.8 Å². The third-order valence-corrected chi connectivity index (χ3v) is 11.7. The molecule has 0 saturated carbocycles. The lowest BCUT2D eigenvalue weighted by molar-refractivity contribution is 0.668. The number of hydrogen-bond donors (Lipinski definition) is 0. The molecule has 8 aromatic carbocycles. The van der Waals surface area contributed by atoms with Gasteiger partial charge in [-0.3, -0.25) is 0 Å². The number of hydrogen-bond acceptors (Lipinski definition) is 6. The molecule has 6 nitrogen and oxygen atoms in total. The van der Waals surface area contributed by atoms with E-state index in [1.165, 1.54) is 0 Å². The van der Waals surface area contributed by atoms with Crippen LogP contribution in [-0.4, -0.2) is 19.9 Å². The minimum atomic E-state index is 0.639. The highest BCUT2D eigenvalue weighted by Gasteiger charge is 2.19. The Morgan fingerprint density at radius 3 is 1.53 bits per heavy atom. The predicted octanol–water partition coefficient (Wildman–Crippen LogP) is 14.7. The Morgan fingerprint density at radius 2 is 0.823 bits per heavy atom. The van der Waals surface area contributed by atoms with E-state index in [9.17, 15) is 0 Å². The van der Waals surface area contributed by atoms with Crippen LogP contribution in [0.3, 0.4) is 0 Å². The summed E-state index contributed by atoms with van der Waals surface area (Å²) >= 11 is 0. The number of fused-ring (bicyclic) bond motifs is 6. The highest BCUT2D eigenvalue weighted by molar-refractivity contribution is 6.17. The first-order valence-electron chi connectivity index (χ1n) is 20.6. The van der Waals surface area contributed by atoms with Crippen molar-refractivity contribution in [3.8, 4) is 78.7 Å². The maximum Gasteiger partial charge on any atom is 0.160 e. The Bertz CT molecular complexity index is 3600. The summed E-state index contributed by atoms with van der Waals surface area (Å²) in [5, 5.41) is 4.36. The number of para-hydroxylation sites is 2. The molecule has 0 fully saturated rings. The normalized spacial score (nSPS) is 11.5. The number of benzene rings is 8. The van der Waals surface area contributed by atoms with Crippen molar-refractivity contribution in [1.82, 2.24) is 19.9 Å². The van der Waals surface area contributed by atoms with Crippen LogP contribution in [0.2, 0.25) is 0 Å². The van der Waals surface area contributed by atoms with Gasteiger partial charge in [-0.15, -0.1) is 0 Å². The Hall–Kier alpha value is -8.48. The Kier molecular flexibility index (Phi) is 8.38. The van der Waals surface area contributed by atoms with Gasteiger partial charge in [-0.2, -0.15) is 0 Å². The molecule has 0 spiro atoms. The molecule has 6 heteroatoms. The van der Waals surface area contributed by atoms with Gasteiger partial charge in [0.2, 0.25) is 0 Å². The zero-order chi connectivity index (χ0) is 41.0. The Morgan fingerprint density at radius 1 is 0.306 bits per heavy atom. The molecular weight excluding hydrogens is 761 g/mol. The fourth-order valence-electron chi connectivity index (χ4n) is 8.52. The molecule has 0 atom stereocenters. The van der Waals surface area contributed by atoms with Crippen LogP contribution < -0.4 is 0 Å². The molecule has 12 aromatic rings. The molecule has 4 aromatic heterocycles. The highest BCUT2D eigenvalue weighted by atomic mass is 16.3. The van der Waals surface area contributed by atoms with Gasteiger partial charge in [0, 0.05) is 67.3 Å². The van der Waals surface area contributed by atoms with Crippen LogP contribution in [0.1, 0.15) is 0 Å².